The molecule has 6 heteroatoms. The first-order valence-electron chi connectivity index (χ1n) is 10.3. The molecule has 0 aromatic rings. The maximum Gasteiger partial charge on any atom is 0.309 e. The zero-order chi connectivity index (χ0) is 20.6. The molecule has 28 heavy (non-hydrogen) atoms. The van der Waals surface area contributed by atoms with E-state index in [4.69, 9.17) is 4.74 Å². The molecule has 0 aromatic carbocycles. The first-order valence-corrected chi connectivity index (χ1v) is 10.3. The van der Waals surface area contributed by atoms with Gasteiger partial charge in [0.2, 0.25) is 0 Å². The standard InChI is InChI=1S/C22H32O6/c1-11-6-7-14-20(3,8-5-9-21(14,4)19(26)27)13(11)10-22-17(25)15(23)12(2)16(24)18(22)28-22/h6,13-18,23-25H,2,5,7-10H2,1,3-4H3,(H,26,27)/t13-,14+,15+,16+,17+,18-,20-,21-,22+/m1/s1. The van der Waals surface area contributed by atoms with E-state index >= 15 is 0 Å². The van der Waals surface area contributed by atoms with Crippen LogP contribution in [-0.2, 0) is 9.53 Å². The number of rotatable bonds is 3. The third-order valence-electron chi connectivity index (χ3n) is 8.63. The second-order valence-corrected chi connectivity index (χ2v) is 9.98. The summed E-state index contributed by atoms with van der Waals surface area (Å²) in [6, 6.07) is 0. The summed E-state index contributed by atoms with van der Waals surface area (Å²) in [5.74, 6) is -0.719. The number of aliphatic carboxylic acids is 1. The zero-order valence-corrected chi connectivity index (χ0v) is 16.9. The molecule has 9 atom stereocenters. The first-order chi connectivity index (χ1) is 13.0. The Bertz CT molecular complexity index is 745. The summed E-state index contributed by atoms with van der Waals surface area (Å²) >= 11 is 0. The molecule has 0 radical (unpaired) electrons. The highest BCUT2D eigenvalue weighted by Gasteiger charge is 2.71. The summed E-state index contributed by atoms with van der Waals surface area (Å²) in [7, 11) is 0. The van der Waals surface area contributed by atoms with Crippen LogP contribution in [0, 0.1) is 22.7 Å². The Morgan fingerprint density at radius 2 is 1.93 bits per heavy atom. The number of hydrogen-bond donors (Lipinski definition) is 4. The van der Waals surface area contributed by atoms with Gasteiger partial charge in [0.1, 0.15) is 30.0 Å². The average molecular weight is 392 g/mol. The fourth-order valence-corrected chi connectivity index (χ4v) is 6.69. The molecule has 1 heterocycles. The van der Waals surface area contributed by atoms with Crippen LogP contribution in [0.1, 0.15) is 52.9 Å². The third kappa shape index (κ3) is 2.44. The van der Waals surface area contributed by atoms with Crippen LogP contribution in [-0.4, -0.2) is 56.4 Å². The van der Waals surface area contributed by atoms with Crippen molar-refractivity contribution in [3.63, 3.8) is 0 Å². The molecule has 6 nitrogen and oxygen atoms in total. The molecular weight excluding hydrogens is 360 g/mol. The topological polar surface area (TPSA) is 111 Å². The zero-order valence-electron chi connectivity index (χ0n) is 16.9. The molecule has 0 unspecified atom stereocenters. The SMILES string of the molecule is C=C1[C@H](O)[C@H]2O[C@@]2(C[C@@H]2C(C)=CC[C@H]3[C@]2(C)CCC[C@@]3(C)C(=O)O)[C@@H](O)[C@H]1O. The molecule has 4 rings (SSSR count). The summed E-state index contributed by atoms with van der Waals surface area (Å²) in [6.45, 7) is 9.80. The van der Waals surface area contributed by atoms with Crippen molar-refractivity contribution in [3.8, 4) is 0 Å². The Balaban J connectivity index is 1.68. The van der Waals surface area contributed by atoms with E-state index in [1.54, 1.807) is 0 Å². The van der Waals surface area contributed by atoms with Crippen molar-refractivity contribution in [2.45, 2.75) is 82.9 Å². The van der Waals surface area contributed by atoms with Gasteiger partial charge < -0.3 is 25.2 Å². The van der Waals surface area contributed by atoms with E-state index in [1.807, 2.05) is 6.92 Å². The molecule has 1 saturated heterocycles. The Labute approximate surface area is 165 Å². The van der Waals surface area contributed by atoms with Crippen molar-refractivity contribution < 1.29 is 30.0 Å². The minimum Gasteiger partial charge on any atom is -0.481 e. The fourth-order valence-electron chi connectivity index (χ4n) is 6.69. The number of carboxylic acid groups (broad SMARTS) is 1. The quantitative estimate of drug-likeness (QED) is 0.432. The summed E-state index contributed by atoms with van der Waals surface area (Å²) in [5, 5.41) is 41.5. The molecule has 4 aliphatic rings. The molecular formula is C22H32O6. The number of carbonyl (C=O) groups is 1. The monoisotopic (exact) mass is 392 g/mol. The molecule has 3 aliphatic carbocycles. The molecule has 2 saturated carbocycles. The molecule has 4 N–H and O–H groups in total. The fraction of sp³-hybridized carbons (Fsp3) is 0.773. The molecule has 0 amide bonds. The molecule has 0 spiro atoms. The minimum absolute atomic E-state index is 0.000837. The predicted octanol–water partition coefficient (Wildman–Crippen LogP) is 2.03. The van der Waals surface area contributed by atoms with Gasteiger partial charge in [0.05, 0.1) is 5.41 Å². The lowest BCUT2D eigenvalue weighted by Gasteiger charge is -2.56. The van der Waals surface area contributed by atoms with Crippen LogP contribution in [0.5, 0.6) is 0 Å². The van der Waals surface area contributed by atoms with Crippen LogP contribution >= 0.6 is 0 Å². The molecule has 0 aromatic heterocycles. The van der Waals surface area contributed by atoms with Crippen LogP contribution in [0.25, 0.3) is 0 Å². The van der Waals surface area contributed by atoms with Crippen LogP contribution < -0.4 is 0 Å². The smallest absolute Gasteiger partial charge is 0.309 e. The number of hydrogen-bond acceptors (Lipinski definition) is 5. The van der Waals surface area contributed by atoms with E-state index in [0.29, 0.717) is 12.8 Å². The van der Waals surface area contributed by atoms with Gasteiger partial charge in [-0.1, -0.05) is 31.6 Å². The summed E-state index contributed by atoms with van der Waals surface area (Å²) in [4.78, 5) is 12.1. The van der Waals surface area contributed by atoms with Gasteiger partial charge in [0.15, 0.2) is 0 Å². The number of allylic oxidation sites excluding steroid dienone is 2. The van der Waals surface area contributed by atoms with Gasteiger partial charge in [0, 0.05) is 0 Å². The normalized spacial score (nSPS) is 53.1. The third-order valence-corrected chi connectivity index (χ3v) is 8.63. The maximum absolute atomic E-state index is 12.1. The lowest BCUT2D eigenvalue weighted by atomic mass is 9.47. The van der Waals surface area contributed by atoms with Crippen LogP contribution in [0.15, 0.2) is 23.8 Å². The highest BCUT2D eigenvalue weighted by Crippen LogP contribution is 2.64. The molecule has 1 aliphatic heterocycles. The Kier molecular flexibility index (Phi) is 4.41. The first kappa shape index (κ1) is 20.1. The van der Waals surface area contributed by atoms with E-state index < -0.39 is 41.4 Å². The number of aliphatic hydroxyl groups is 3. The van der Waals surface area contributed by atoms with Gasteiger partial charge in [0.25, 0.3) is 0 Å². The number of fused-ring (bicyclic) bond motifs is 2. The van der Waals surface area contributed by atoms with Crippen molar-refractivity contribution in [3.05, 3.63) is 23.8 Å². The Morgan fingerprint density at radius 3 is 2.57 bits per heavy atom. The van der Waals surface area contributed by atoms with Crippen molar-refractivity contribution in [2.24, 2.45) is 22.7 Å². The minimum atomic E-state index is -1.22. The average Bonchev–Trinajstić information content (AvgIpc) is 3.37. The summed E-state index contributed by atoms with van der Waals surface area (Å²) in [5.41, 5.74) is -0.636. The van der Waals surface area contributed by atoms with Gasteiger partial charge in [-0.3, -0.25) is 4.79 Å². The lowest BCUT2D eigenvalue weighted by molar-refractivity contribution is -0.163. The van der Waals surface area contributed by atoms with Crippen LogP contribution in [0.3, 0.4) is 0 Å². The number of aliphatic hydroxyl groups excluding tert-OH is 3. The van der Waals surface area contributed by atoms with E-state index in [-0.39, 0.29) is 22.8 Å². The van der Waals surface area contributed by atoms with Gasteiger partial charge in [-0.2, -0.15) is 0 Å². The van der Waals surface area contributed by atoms with Crippen molar-refractivity contribution in [2.75, 3.05) is 0 Å². The van der Waals surface area contributed by atoms with E-state index in [9.17, 15) is 25.2 Å². The van der Waals surface area contributed by atoms with Crippen LogP contribution in [0.2, 0.25) is 0 Å². The van der Waals surface area contributed by atoms with Gasteiger partial charge in [-0.15, -0.1) is 0 Å². The van der Waals surface area contributed by atoms with E-state index in [0.717, 1.165) is 19.3 Å². The summed E-state index contributed by atoms with van der Waals surface area (Å²) in [6.07, 6.45) is 1.86. The lowest BCUT2D eigenvalue weighted by Crippen LogP contribution is -2.56. The number of ether oxygens (including phenoxy) is 1. The van der Waals surface area contributed by atoms with E-state index in [1.165, 1.54) is 5.57 Å². The second-order valence-electron chi connectivity index (χ2n) is 9.98. The second kappa shape index (κ2) is 6.14. The molecule has 0 bridgehead atoms. The van der Waals surface area contributed by atoms with Gasteiger partial charge >= 0.3 is 5.97 Å². The highest BCUT2D eigenvalue weighted by molar-refractivity contribution is 5.75. The highest BCUT2D eigenvalue weighted by atomic mass is 16.6. The van der Waals surface area contributed by atoms with Gasteiger partial charge in [-0.25, -0.2) is 0 Å². The largest absolute Gasteiger partial charge is 0.481 e. The van der Waals surface area contributed by atoms with Gasteiger partial charge in [-0.05, 0) is 62.4 Å². The van der Waals surface area contributed by atoms with Crippen molar-refractivity contribution >= 4 is 5.97 Å². The van der Waals surface area contributed by atoms with Crippen LogP contribution in [0.4, 0.5) is 0 Å². The maximum atomic E-state index is 12.1. The molecule has 156 valence electrons. The Hall–Kier alpha value is -1.21. The Morgan fingerprint density at radius 1 is 1.25 bits per heavy atom. The van der Waals surface area contributed by atoms with Crippen molar-refractivity contribution in [1.82, 2.24) is 0 Å². The summed E-state index contributed by atoms with van der Waals surface area (Å²) < 4.78 is 5.84. The molecule has 3 fully saturated rings. The number of carboxylic acids is 1. The van der Waals surface area contributed by atoms with Crippen molar-refractivity contribution in [1.29, 1.82) is 0 Å². The predicted molar refractivity (Wildman–Crippen MR) is 102 cm³/mol. The number of epoxide rings is 1. The van der Waals surface area contributed by atoms with E-state index in [2.05, 4.69) is 26.5 Å².